The molecule has 1 N–H and O–H groups in total. The van der Waals surface area contributed by atoms with E-state index in [9.17, 15) is 14.7 Å². The molecule has 0 spiro atoms. The molecule has 1 aromatic heterocycles. The summed E-state index contributed by atoms with van der Waals surface area (Å²) >= 11 is 17.1. The van der Waals surface area contributed by atoms with Gasteiger partial charge in [0, 0.05) is 24.9 Å². The van der Waals surface area contributed by atoms with Crippen molar-refractivity contribution >= 4 is 91.5 Å². The number of hydrogen-bond donors (Lipinski definition) is 1. The minimum absolute atomic E-state index is 0.0304. The van der Waals surface area contributed by atoms with Crippen molar-refractivity contribution in [2.45, 2.75) is 29.7 Å². The topological polar surface area (TPSA) is 92.6 Å². The first kappa shape index (κ1) is 32.5. The van der Waals surface area contributed by atoms with E-state index in [-0.39, 0.29) is 16.5 Å². The Morgan fingerprint density at radius 2 is 1.72 bits per heavy atom. The second-order valence-corrected chi connectivity index (χ2v) is 14.6. The number of Topliss-reactive ketones (excluding diaryl/α,β-unsaturated/α-hetero) is 1. The second kappa shape index (κ2) is 14.1. The molecule has 12 heteroatoms. The van der Waals surface area contributed by atoms with Crippen molar-refractivity contribution in [3.05, 3.63) is 138 Å². The molecule has 232 valence electrons. The van der Waals surface area contributed by atoms with Crippen molar-refractivity contribution in [1.82, 2.24) is 10.2 Å². The van der Waals surface area contributed by atoms with Crippen molar-refractivity contribution in [1.29, 1.82) is 0 Å². The number of rotatable bonds is 9. The van der Waals surface area contributed by atoms with E-state index in [1.54, 1.807) is 36.4 Å². The molecule has 1 saturated heterocycles. The van der Waals surface area contributed by atoms with Gasteiger partial charge in [0.15, 0.2) is 4.34 Å². The van der Waals surface area contributed by atoms with Crippen LogP contribution < -0.4 is 9.64 Å². The summed E-state index contributed by atoms with van der Waals surface area (Å²) < 4.78 is 7.52. The van der Waals surface area contributed by atoms with Crippen LogP contribution in [0.3, 0.4) is 0 Å². The summed E-state index contributed by atoms with van der Waals surface area (Å²) in [6, 6.07) is 26.6. The van der Waals surface area contributed by atoms with Gasteiger partial charge in [-0.3, -0.25) is 14.5 Å². The average Bonchev–Trinajstić information content (AvgIpc) is 3.62. The van der Waals surface area contributed by atoms with Crippen LogP contribution in [0, 0.1) is 10.5 Å². The number of amides is 1. The fraction of sp³-hybridized carbons (Fsp3) is 0.118. The first-order chi connectivity index (χ1) is 22.2. The number of aromatic nitrogens is 2. The maximum absolute atomic E-state index is 13.6. The number of thioether (sulfide) groups is 1. The highest BCUT2D eigenvalue weighted by atomic mass is 127. The van der Waals surface area contributed by atoms with Crippen molar-refractivity contribution in [3.8, 4) is 5.75 Å². The smallest absolute Gasteiger partial charge is 0.301 e. The minimum Gasteiger partial charge on any atom is -0.507 e. The van der Waals surface area contributed by atoms with Gasteiger partial charge < -0.3 is 9.84 Å². The standard InChI is InChI=1S/C34H24Cl2IN3O4S2/c1-19-4-2-3-5-22(19)17-44-26-14-9-21(10-15-26)30(41)28-29(20-7-12-25(37)13-8-20)40(32(43)31(28)42)33-38-39-34(46-33)45-18-23-6-11-24(35)16-27(23)36/h2-16,29,41H,17-18H2,1H3/b30-28+. The molecule has 0 aliphatic carbocycles. The molecule has 0 saturated carbocycles. The zero-order valence-corrected chi connectivity index (χ0v) is 29.4. The van der Waals surface area contributed by atoms with Gasteiger partial charge in [-0.2, -0.15) is 0 Å². The lowest BCUT2D eigenvalue weighted by Crippen LogP contribution is -2.29. The molecule has 1 amide bonds. The molecule has 4 aromatic carbocycles. The van der Waals surface area contributed by atoms with Crippen molar-refractivity contribution in [2.24, 2.45) is 0 Å². The zero-order chi connectivity index (χ0) is 32.4. The minimum atomic E-state index is -0.912. The lowest BCUT2D eigenvalue weighted by atomic mass is 9.95. The number of hydrogen-bond acceptors (Lipinski definition) is 8. The number of aryl methyl sites for hydroxylation is 1. The Hall–Kier alpha value is -3.42. The van der Waals surface area contributed by atoms with Gasteiger partial charge in [-0.15, -0.1) is 10.2 Å². The Balaban J connectivity index is 1.29. The first-order valence-corrected chi connectivity index (χ1v) is 17.6. The number of ether oxygens (including phenoxy) is 1. The molecule has 5 aromatic rings. The Morgan fingerprint density at radius 1 is 0.978 bits per heavy atom. The molecule has 6 rings (SSSR count). The Kier molecular flexibility index (Phi) is 10.00. The first-order valence-electron chi connectivity index (χ1n) is 13.9. The number of anilines is 1. The molecule has 1 atom stereocenters. The van der Waals surface area contributed by atoms with E-state index in [0.717, 1.165) is 20.3 Å². The summed E-state index contributed by atoms with van der Waals surface area (Å²) in [5.74, 6) is -0.774. The van der Waals surface area contributed by atoms with E-state index in [1.807, 2.05) is 61.5 Å². The van der Waals surface area contributed by atoms with Gasteiger partial charge >= 0.3 is 5.91 Å². The van der Waals surface area contributed by atoms with Crippen LogP contribution in [-0.4, -0.2) is 27.0 Å². The van der Waals surface area contributed by atoms with E-state index in [1.165, 1.54) is 28.0 Å². The van der Waals surface area contributed by atoms with Crippen molar-refractivity contribution < 1.29 is 19.4 Å². The van der Waals surface area contributed by atoms with Crippen LogP contribution in [0.4, 0.5) is 5.13 Å². The highest BCUT2D eigenvalue weighted by Crippen LogP contribution is 2.44. The third-order valence-electron chi connectivity index (χ3n) is 7.38. The SMILES string of the molecule is Cc1ccccc1COc1ccc(/C(O)=C2\C(=O)C(=O)N(c3nnc(SCc4ccc(Cl)cc4Cl)s3)C2c2ccc(I)cc2)cc1. The average molecular weight is 801 g/mol. The number of benzene rings is 4. The van der Waals surface area contributed by atoms with Crippen LogP contribution in [0.15, 0.2) is 101 Å². The number of aliphatic hydroxyl groups is 1. The largest absolute Gasteiger partial charge is 0.507 e. The summed E-state index contributed by atoms with van der Waals surface area (Å²) in [5, 5.41) is 21.4. The molecule has 0 bridgehead atoms. The molecule has 1 unspecified atom stereocenters. The summed E-state index contributed by atoms with van der Waals surface area (Å²) in [7, 11) is 0. The molecular formula is C34H24Cl2IN3O4S2. The van der Waals surface area contributed by atoms with Gasteiger partial charge in [-0.1, -0.05) is 88.8 Å². The van der Waals surface area contributed by atoms with Crippen molar-refractivity contribution in [2.75, 3.05) is 4.90 Å². The van der Waals surface area contributed by atoms with E-state index in [2.05, 4.69) is 32.8 Å². The number of halogens is 3. The Morgan fingerprint density at radius 3 is 2.43 bits per heavy atom. The van der Waals surface area contributed by atoms with Gasteiger partial charge in [-0.25, -0.2) is 0 Å². The molecule has 1 fully saturated rings. The third-order valence-corrected chi connectivity index (χ3v) is 10.8. The third kappa shape index (κ3) is 6.96. The van der Waals surface area contributed by atoms with Crippen LogP contribution in [-0.2, 0) is 21.9 Å². The molecule has 2 heterocycles. The van der Waals surface area contributed by atoms with Crippen LogP contribution in [0.2, 0.25) is 10.0 Å². The number of carbonyl (C=O) groups excluding carboxylic acids is 2. The summed E-state index contributed by atoms with van der Waals surface area (Å²) in [6.45, 7) is 2.42. The number of ketones is 1. The monoisotopic (exact) mass is 799 g/mol. The molecule has 46 heavy (non-hydrogen) atoms. The van der Waals surface area contributed by atoms with Crippen LogP contribution >= 0.6 is 68.9 Å². The van der Waals surface area contributed by atoms with Gasteiger partial charge in [0.1, 0.15) is 18.1 Å². The molecule has 1 aliphatic rings. The Bertz CT molecular complexity index is 1970. The fourth-order valence-corrected chi connectivity index (χ4v) is 7.71. The Labute approximate surface area is 297 Å². The lowest BCUT2D eigenvalue weighted by Gasteiger charge is -2.22. The normalized spacial score (nSPS) is 15.8. The molecule has 1 aliphatic heterocycles. The highest BCUT2D eigenvalue weighted by Gasteiger charge is 2.48. The number of aliphatic hydroxyl groups excluding tert-OH is 1. The zero-order valence-electron chi connectivity index (χ0n) is 24.1. The lowest BCUT2D eigenvalue weighted by molar-refractivity contribution is -0.132. The van der Waals surface area contributed by atoms with Gasteiger partial charge in [-0.05, 0) is 100 Å². The number of carbonyl (C=O) groups is 2. The molecule has 7 nitrogen and oxygen atoms in total. The molecule has 0 radical (unpaired) electrons. The van der Waals surface area contributed by atoms with Crippen LogP contribution in [0.25, 0.3) is 5.76 Å². The molecular weight excluding hydrogens is 776 g/mol. The number of nitrogens with zero attached hydrogens (tertiary/aromatic N) is 3. The highest BCUT2D eigenvalue weighted by molar-refractivity contribution is 14.1. The van der Waals surface area contributed by atoms with Crippen LogP contribution in [0.1, 0.15) is 33.9 Å². The van der Waals surface area contributed by atoms with E-state index in [4.69, 9.17) is 27.9 Å². The summed E-state index contributed by atoms with van der Waals surface area (Å²) in [4.78, 5) is 28.5. The van der Waals surface area contributed by atoms with E-state index in [0.29, 0.717) is 43.6 Å². The predicted octanol–water partition coefficient (Wildman–Crippen LogP) is 9.26. The van der Waals surface area contributed by atoms with Gasteiger partial charge in [0.05, 0.1) is 11.6 Å². The quantitative estimate of drug-likeness (QED) is 0.0397. The van der Waals surface area contributed by atoms with Gasteiger partial charge in [0.25, 0.3) is 5.78 Å². The maximum atomic E-state index is 13.6. The predicted molar refractivity (Wildman–Crippen MR) is 192 cm³/mol. The van der Waals surface area contributed by atoms with Crippen molar-refractivity contribution in [3.63, 3.8) is 0 Å². The van der Waals surface area contributed by atoms with E-state index >= 15 is 0 Å². The second-order valence-electron chi connectivity index (χ2n) is 10.3. The summed E-state index contributed by atoms with van der Waals surface area (Å²) in [5.41, 5.74) is 4.07. The van der Waals surface area contributed by atoms with Crippen LogP contribution in [0.5, 0.6) is 5.75 Å². The van der Waals surface area contributed by atoms with E-state index < -0.39 is 17.7 Å². The summed E-state index contributed by atoms with van der Waals surface area (Å²) in [6.07, 6.45) is 0. The maximum Gasteiger partial charge on any atom is 0.301 e. The van der Waals surface area contributed by atoms with Gasteiger partial charge in [0.2, 0.25) is 5.13 Å². The fourth-order valence-electron chi connectivity index (χ4n) is 4.92.